The van der Waals surface area contributed by atoms with Crippen LogP contribution in [0.1, 0.15) is 49.1 Å². The van der Waals surface area contributed by atoms with Gasteiger partial charge in [0.2, 0.25) is 11.8 Å². The van der Waals surface area contributed by atoms with Crippen LogP contribution in [0.5, 0.6) is 0 Å². The number of aryl methyl sites for hydroxylation is 1. The Labute approximate surface area is 277 Å². The molecular formula is C34H35Cl2FN4O3S. The van der Waals surface area contributed by atoms with Crippen LogP contribution in [0.4, 0.5) is 10.1 Å². The number of nitrogens with zero attached hydrogens (tertiary/aromatic N) is 4. The molecule has 1 aromatic heterocycles. The maximum absolute atomic E-state index is 15.0. The summed E-state index contributed by atoms with van der Waals surface area (Å²) in [7, 11) is 0. The van der Waals surface area contributed by atoms with Crippen LogP contribution in [-0.4, -0.2) is 51.6 Å². The van der Waals surface area contributed by atoms with Crippen molar-refractivity contribution in [2.75, 3.05) is 17.5 Å². The Balaban J connectivity index is 0.000000452. The second kappa shape index (κ2) is 14.5. The fraction of sp³-hybridized carbons (Fsp3) is 0.382. The number of carbonyl (C=O) groups is 1. The smallest absolute Gasteiger partial charge is 0.253 e. The topological polar surface area (TPSA) is 71.7 Å². The highest BCUT2D eigenvalue weighted by molar-refractivity contribution is 8.01. The van der Waals surface area contributed by atoms with Crippen molar-refractivity contribution in [1.29, 1.82) is 0 Å². The SMILES string of the molecule is Cc1nnc(C[C@@H]2OCC(c3ccc(Cl)cc3)N(C(CN(SC3CC3)c3ccccc3F)C3CC3)C2=O)o1.Clc1ccccc1. The number of hydrogen-bond acceptors (Lipinski definition) is 7. The number of carbonyl (C=O) groups excluding carboxylic acids is 1. The van der Waals surface area contributed by atoms with E-state index < -0.39 is 6.10 Å². The molecule has 2 aliphatic carbocycles. The average molecular weight is 670 g/mol. The molecule has 3 fully saturated rings. The first kappa shape index (κ1) is 31.9. The van der Waals surface area contributed by atoms with Crippen LogP contribution < -0.4 is 4.31 Å². The van der Waals surface area contributed by atoms with Gasteiger partial charge in [0.25, 0.3) is 5.91 Å². The van der Waals surface area contributed by atoms with E-state index in [1.165, 1.54) is 6.07 Å². The molecule has 0 N–H and O–H groups in total. The largest absolute Gasteiger partial charge is 0.425 e. The van der Waals surface area contributed by atoms with Crippen molar-refractivity contribution >= 4 is 46.7 Å². The Hall–Kier alpha value is -3.11. The molecule has 0 bridgehead atoms. The van der Waals surface area contributed by atoms with Crippen LogP contribution in [0.25, 0.3) is 0 Å². The fourth-order valence-electron chi connectivity index (χ4n) is 5.48. The van der Waals surface area contributed by atoms with Crippen molar-refractivity contribution in [3.8, 4) is 0 Å². The van der Waals surface area contributed by atoms with E-state index >= 15 is 0 Å². The molecule has 2 heterocycles. The second-order valence-corrected chi connectivity index (χ2v) is 13.8. The minimum atomic E-state index is -0.724. The van der Waals surface area contributed by atoms with Crippen molar-refractivity contribution in [2.45, 2.75) is 62.5 Å². The van der Waals surface area contributed by atoms with E-state index in [-0.39, 0.29) is 30.2 Å². The molecular weight excluding hydrogens is 634 g/mol. The molecule has 3 atom stereocenters. The highest BCUT2D eigenvalue weighted by Crippen LogP contribution is 2.45. The van der Waals surface area contributed by atoms with Crippen molar-refractivity contribution in [3.63, 3.8) is 0 Å². The van der Waals surface area contributed by atoms with Gasteiger partial charge in [-0.15, -0.1) is 10.2 Å². The van der Waals surface area contributed by atoms with Crippen LogP contribution >= 0.6 is 35.1 Å². The normalized spacial score (nSPS) is 20.4. The fourth-order valence-corrected chi connectivity index (χ4v) is 6.95. The molecule has 7 nitrogen and oxygen atoms in total. The third kappa shape index (κ3) is 8.38. The van der Waals surface area contributed by atoms with Crippen molar-refractivity contribution in [3.05, 3.63) is 112 Å². The summed E-state index contributed by atoms with van der Waals surface area (Å²) < 4.78 is 28.8. The first-order valence-electron chi connectivity index (χ1n) is 15.2. The number of rotatable bonds is 10. The van der Waals surface area contributed by atoms with E-state index in [0.717, 1.165) is 36.3 Å². The quantitative estimate of drug-likeness (QED) is 0.158. The van der Waals surface area contributed by atoms with Crippen LogP contribution in [-0.2, 0) is 16.0 Å². The number of morpholine rings is 1. The zero-order valence-electron chi connectivity index (χ0n) is 24.9. The number of amides is 1. The maximum atomic E-state index is 15.0. The molecule has 2 saturated carbocycles. The van der Waals surface area contributed by atoms with Gasteiger partial charge in [0.1, 0.15) is 11.9 Å². The lowest BCUT2D eigenvalue weighted by atomic mass is 9.97. The predicted octanol–water partition coefficient (Wildman–Crippen LogP) is 8.12. The third-order valence-electron chi connectivity index (χ3n) is 8.03. The van der Waals surface area contributed by atoms with E-state index in [9.17, 15) is 9.18 Å². The summed E-state index contributed by atoms with van der Waals surface area (Å²) in [5.41, 5.74) is 1.53. The molecule has 7 rings (SSSR count). The van der Waals surface area contributed by atoms with E-state index in [4.69, 9.17) is 32.4 Å². The average Bonchev–Trinajstić information content (AvgIpc) is 3.98. The lowest BCUT2D eigenvalue weighted by Crippen LogP contribution is -2.57. The predicted molar refractivity (Wildman–Crippen MR) is 176 cm³/mol. The van der Waals surface area contributed by atoms with E-state index in [0.29, 0.717) is 46.8 Å². The lowest BCUT2D eigenvalue weighted by Gasteiger charge is -2.45. The van der Waals surface area contributed by atoms with Crippen molar-refractivity contribution < 1.29 is 18.3 Å². The third-order valence-corrected chi connectivity index (χ3v) is 9.91. The number of halogens is 3. The Kier molecular flexibility index (Phi) is 10.3. The second-order valence-electron chi connectivity index (χ2n) is 11.6. The van der Waals surface area contributed by atoms with Gasteiger partial charge in [-0.1, -0.05) is 65.7 Å². The van der Waals surface area contributed by atoms with Crippen LogP contribution in [0.15, 0.2) is 83.3 Å². The number of hydrogen-bond donors (Lipinski definition) is 0. The van der Waals surface area contributed by atoms with Crippen LogP contribution in [0.2, 0.25) is 10.0 Å². The molecule has 11 heteroatoms. The highest BCUT2D eigenvalue weighted by atomic mass is 35.5. The first-order valence-corrected chi connectivity index (χ1v) is 16.8. The molecule has 4 aromatic rings. The molecule has 0 radical (unpaired) electrons. The highest BCUT2D eigenvalue weighted by Gasteiger charge is 2.47. The van der Waals surface area contributed by atoms with Crippen LogP contribution in [0, 0.1) is 18.7 Å². The molecule has 1 aliphatic heterocycles. The van der Waals surface area contributed by atoms with Gasteiger partial charge in [0.15, 0.2) is 0 Å². The number of para-hydroxylation sites is 1. The molecule has 2 unspecified atom stereocenters. The van der Waals surface area contributed by atoms with Gasteiger partial charge in [0, 0.05) is 22.2 Å². The van der Waals surface area contributed by atoms with Gasteiger partial charge in [-0.2, -0.15) is 0 Å². The Morgan fingerprint density at radius 2 is 1.64 bits per heavy atom. The number of anilines is 1. The Morgan fingerprint density at radius 1 is 0.956 bits per heavy atom. The summed E-state index contributed by atoms with van der Waals surface area (Å²) in [6.45, 7) is 2.60. The Bertz CT molecular complexity index is 1570. The summed E-state index contributed by atoms with van der Waals surface area (Å²) in [6.07, 6.45) is 3.82. The zero-order chi connectivity index (χ0) is 31.3. The summed E-state index contributed by atoms with van der Waals surface area (Å²) in [5, 5.41) is 9.89. The monoisotopic (exact) mass is 668 g/mol. The molecule has 0 spiro atoms. The summed E-state index contributed by atoms with van der Waals surface area (Å²) in [6, 6.07) is 23.6. The van der Waals surface area contributed by atoms with Gasteiger partial charge in [-0.05, 0) is 85.5 Å². The van der Waals surface area contributed by atoms with E-state index in [1.807, 2.05) is 71.6 Å². The van der Waals surface area contributed by atoms with Crippen molar-refractivity contribution in [2.24, 2.45) is 5.92 Å². The minimum Gasteiger partial charge on any atom is -0.425 e. The van der Waals surface area contributed by atoms with Crippen molar-refractivity contribution in [1.82, 2.24) is 15.1 Å². The number of benzene rings is 3. The number of ether oxygens (including phenoxy) is 1. The lowest BCUT2D eigenvalue weighted by molar-refractivity contribution is -0.164. The molecule has 3 aromatic carbocycles. The summed E-state index contributed by atoms with van der Waals surface area (Å²) >= 11 is 13.4. The molecule has 3 aliphatic rings. The molecule has 236 valence electrons. The standard InChI is InChI=1S/C28H30ClFN4O3S.C6H5Cl/c1-17-31-32-27(37-17)14-26-28(35)34(25(16-36-26)19-8-10-20(29)11-9-19)24(18-6-7-18)15-33(38-21-12-13-21)23-5-3-2-4-22(23)30;7-6-4-2-1-3-5-6/h2-5,8-11,18,21,24-26H,6-7,12-16H2,1H3;1-5H/t24?,25?,26-;/m0./s1. The van der Waals surface area contributed by atoms with Crippen LogP contribution in [0.3, 0.4) is 0 Å². The van der Waals surface area contributed by atoms with Gasteiger partial charge < -0.3 is 18.4 Å². The molecule has 1 amide bonds. The van der Waals surface area contributed by atoms with Gasteiger partial charge in [0.05, 0.1) is 37.3 Å². The van der Waals surface area contributed by atoms with Gasteiger partial charge in [-0.25, -0.2) is 4.39 Å². The van der Waals surface area contributed by atoms with E-state index in [1.54, 1.807) is 24.9 Å². The first-order chi connectivity index (χ1) is 21.9. The summed E-state index contributed by atoms with van der Waals surface area (Å²) in [4.78, 5) is 16.2. The minimum absolute atomic E-state index is 0.103. The zero-order valence-corrected chi connectivity index (χ0v) is 27.2. The Morgan fingerprint density at radius 3 is 2.24 bits per heavy atom. The number of aromatic nitrogens is 2. The summed E-state index contributed by atoms with van der Waals surface area (Å²) in [5.74, 6) is 0.821. The molecule has 45 heavy (non-hydrogen) atoms. The van der Waals surface area contributed by atoms with E-state index in [2.05, 4.69) is 14.5 Å². The maximum Gasteiger partial charge on any atom is 0.253 e. The van der Waals surface area contributed by atoms with Gasteiger partial charge in [-0.3, -0.25) is 4.79 Å². The van der Waals surface area contributed by atoms with Gasteiger partial charge >= 0.3 is 0 Å². The molecule has 1 saturated heterocycles.